The lowest BCUT2D eigenvalue weighted by atomic mass is 9.90. The van der Waals surface area contributed by atoms with Crippen molar-refractivity contribution < 1.29 is 52.8 Å². The lowest BCUT2D eigenvalue weighted by Crippen LogP contribution is -2.56. The van der Waals surface area contributed by atoms with Gasteiger partial charge in [-0.2, -0.15) is 39.5 Å². The number of alkyl halides is 10. The van der Waals surface area contributed by atoms with Crippen LogP contribution in [0, 0.1) is 0 Å². The van der Waals surface area contributed by atoms with Gasteiger partial charge in [-0.15, -0.1) is 11.6 Å². The first-order chi connectivity index (χ1) is 11.5. The fraction of sp³-hybridized carbons (Fsp3) is 1.00. The Bertz CT molecular complexity index is 406. The highest BCUT2D eigenvalue weighted by Gasteiger charge is 2.58. The summed E-state index contributed by atoms with van der Waals surface area (Å²) in [6.07, 6.45) is -20.8. The fourth-order valence-corrected chi connectivity index (χ4v) is 4.63. The van der Waals surface area contributed by atoms with E-state index < -0.39 is 58.2 Å². The Morgan fingerprint density at radius 1 is 0.769 bits per heavy atom. The lowest BCUT2D eigenvalue weighted by molar-refractivity contribution is -0.221. The van der Waals surface area contributed by atoms with Crippen molar-refractivity contribution in [1.82, 2.24) is 0 Å². The van der Waals surface area contributed by atoms with Crippen LogP contribution in [0.5, 0.6) is 0 Å². The normalized spacial score (nSPS) is 14.8. The molecule has 0 aromatic rings. The first-order valence-electron chi connectivity index (χ1n) is 7.08. The van der Waals surface area contributed by atoms with Gasteiger partial charge in [-0.3, -0.25) is 0 Å². The summed E-state index contributed by atoms with van der Waals surface area (Å²) in [6, 6.07) is -1.94. The van der Waals surface area contributed by atoms with Gasteiger partial charge < -0.3 is 13.3 Å². The number of hydrogen-bond donors (Lipinski definition) is 0. The maximum atomic E-state index is 12.9. The van der Waals surface area contributed by atoms with E-state index in [4.69, 9.17) is 16.0 Å². The molecule has 0 saturated heterocycles. The Kier molecular flexibility index (Phi) is 9.22. The molecule has 14 heteroatoms. The van der Waals surface area contributed by atoms with Crippen LogP contribution in [0.1, 0.15) is 25.7 Å². The highest BCUT2D eigenvalue weighted by molar-refractivity contribution is 6.61. The summed E-state index contributed by atoms with van der Waals surface area (Å²) >= 11 is 5.35. The van der Waals surface area contributed by atoms with Gasteiger partial charge in [0.1, 0.15) is 6.04 Å². The third-order valence-electron chi connectivity index (χ3n) is 3.22. The van der Waals surface area contributed by atoms with Gasteiger partial charge in [0.2, 0.25) is 0 Å². The molecule has 0 aliphatic rings. The zero-order valence-electron chi connectivity index (χ0n) is 13.7. The molecular formula is C12H18ClF9O3Si. The summed E-state index contributed by atoms with van der Waals surface area (Å²) < 4.78 is 130. The van der Waals surface area contributed by atoms with Gasteiger partial charge in [-0.25, -0.2) is 0 Å². The minimum atomic E-state index is -5.14. The second-order valence-corrected chi connectivity index (χ2v) is 8.66. The molecular weight excluding hydrogens is 427 g/mol. The molecule has 0 aliphatic carbocycles. The molecule has 0 radical (unpaired) electrons. The molecule has 0 aromatic heterocycles. The SMILES string of the molecule is CO[Si](CC(F)(F)F)(OC)OC(CCCCl)(CC(F)(F)F)CC(F)(F)F. The average Bonchev–Trinajstić information content (AvgIpc) is 2.39. The Morgan fingerprint density at radius 2 is 1.19 bits per heavy atom. The van der Waals surface area contributed by atoms with E-state index >= 15 is 0 Å². The first kappa shape index (κ1) is 25.8. The molecule has 26 heavy (non-hydrogen) atoms. The van der Waals surface area contributed by atoms with E-state index in [1.165, 1.54) is 0 Å². The average molecular weight is 445 g/mol. The summed E-state index contributed by atoms with van der Waals surface area (Å²) in [7, 11) is -3.58. The summed E-state index contributed by atoms with van der Waals surface area (Å²) in [5.41, 5.74) is -3.05. The lowest BCUT2D eigenvalue weighted by Gasteiger charge is -2.41. The van der Waals surface area contributed by atoms with E-state index in [2.05, 4.69) is 8.85 Å². The van der Waals surface area contributed by atoms with Crippen molar-refractivity contribution in [2.45, 2.75) is 55.9 Å². The maximum Gasteiger partial charge on any atom is 0.510 e. The van der Waals surface area contributed by atoms with Crippen LogP contribution in [-0.4, -0.2) is 53.0 Å². The quantitative estimate of drug-likeness (QED) is 0.254. The molecule has 0 atom stereocenters. The van der Waals surface area contributed by atoms with Crippen molar-refractivity contribution >= 4 is 20.4 Å². The summed E-state index contributed by atoms with van der Waals surface area (Å²) in [6.45, 7) is 0. The van der Waals surface area contributed by atoms with E-state index in [9.17, 15) is 39.5 Å². The molecule has 0 aliphatic heterocycles. The fourth-order valence-electron chi connectivity index (χ4n) is 2.40. The highest BCUT2D eigenvalue weighted by atomic mass is 35.5. The minimum absolute atomic E-state index is 0.311. The van der Waals surface area contributed by atoms with Crippen LogP contribution in [-0.2, 0) is 13.3 Å². The Morgan fingerprint density at radius 3 is 1.46 bits per heavy atom. The molecule has 0 N–H and O–H groups in total. The Labute approximate surface area is 150 Å². The summed E-state index contributed by atoms with van der Waals surface area (Å²) in [5.74, 6) is -0.311. The topological polar surface area (TPSA) is 27.7 Å². The van der Waals surface area contributed by atoms with Gasteiger partial charge in [0.15, 0.2) is 0 Å². The number of halogens is 10. The molecule has 0 rings (SSSR count). The molecule has 0 saturated carbocycles. The van der Waals surface area contributed by atoms with E-state index in [-0.39, 0.29) is 12.3 Å². The molecule has 0 fully saturated rings. The van der Waals surface area contributed by atoms with E-state index in [1.807, 2.05) is 0 Å². The smallest absolute Gasteiger partial charge is 0.377 e. The first-order valence-corrected chi connectivity index (χ1v) is 9.54. The monoisotopic (exact) mass is 444 g/mol. The predicted octanol–water partition coefficient (Wildman–Crippen LogP) is 5.46. The number of rotatable bonds is 10. The summed E-state index contributed by atoms with van der Waals surface area (Å²) in [4.78, 5) is 0. The van der Waals surface area contributed by atoms with Crippen LogP contribution in [0.15, 0.2) is 0 Å². The molecule has 0 heterocycles. The maximum absolute atomic E-state index is 12.9. The molecule has 3 nitrogen and oxygen atoms in total. The van der Waals surface area contributed by atoms with Crippen molar-refractivity contribution in [3.05, 3.63) is 0 Å². The highest BCUT2D eigenvalue weighted by Crippen LogP contribution is 2.44. The van der Waals surface area contributed by atoms with Crippen molar-refractivity contribution in [2.24, 2.45) is 0 Å². The summed E-state index contributed by atoms with van der Waals surface area (Å²) in [5, 5.41) is 0. The van der Waals surface area contributed by atoms with Crippen LogP contribution >= 0.6 is 11.6 Å². The zero-order valence-corrected chi connectivity index (χ0v) is 15.5. The van der Waals surface area contributed by atoms with Gasteiger partial charge in [0.05, 0.1) is 18.4 Å². The van der Waals surface area contributed by atoms with Crippen LogP contribution in [0.25, 0.3) is 0 Å². The second kappa shape index (κ2) is 9.30. The molecule has 0 spiro atoms. The molecule has 0 unspecified atom stereocenters. The largest absolute Gasteiger partial charge is 0.510 e. The van der Waals surface area contributed by atoms with Crippen molar-refractivity contribution in [3.8, 4) is 0 Å². The van der Waals surface area contributed by atoms with Gasteiger partial charge in [0, 0.05) is 20.1 Å². The van der Waals surface area contributed by atoms with Crippen LogP contribution in [0.2, 0.25) is 6.04 Å². The van der Waals surface area contributed by atoms with Crippen molar-refractivity contribution in [2.75, 3.05) is 20.1 Å². The predicted molar refractivity (Wildman–Crippen MR) is 75.7 cm³/mol. The zero-order chi connectivity index (χ0) is 20.9. The van der Waals surface area contributed by atoms with Gasteiger partial charge >= 0.3 is 27.3 Å². The second-order valence-electron chi connectivity index (χ2n) is 5.54. The molecule has 0 bridgehead atoms. The van der Waals surface area contributed by atoms with Gasteiger partial charge in [0.25, 0.3) is 0 Å². The molecule has 0 aromatic carbocycles. The third-order valence-corrected chi connectivity index (χ3v) is 6.31. The Hall–Kier alpha value is -0.243. The number of hydrogen-bond acceptors (Lipinski definition) is 3. The van der Waals surface area contributed by atoms with E-state index in [0.717, 1.165) is 0 Å². The third kappa shape index (κ3) is 10.2. The van der Waals surface area contributed by atoms with E-state index in [0.29, 0.717) is 14.2 Å². The van der Waals surface area contributed by atoms with Crippen molar-refractivity contribution in [1.29, 1.82) is 0 Å². The van der Waals surface area contributed by atoms with Gasteiger partial charge in [-0.05, 0) is 12.8 Å². The van der Waals surface area contributed by atoms with Crippen LogP contribution in [0.4, 0.5) is 39.5 Å². The standard InChI is InChI=1S/C12H18ClF9O3Si/c1-23-26(24-2,8-12(20,21)22)25-9(4-3-5-13,6-10(14,15)16)7-11(17,18)19/h3-8H2,1-2H3. The Balaban J connectivity index is 6.04. The van der Waals surface area contributed by atoms with Gasteiger partial charge in [-0.1, -0.05) is 0 Å². The van der Waals surface area contributed by atoms with Crippen molar-refractivity contribution in [3.63, 3.8) is 0 Å². The minimum Gasteiger partial charge on any atom is -0.377 e. The van der Waals surface area contributed by atoms with E-state index in [1.54, 1.807) is 0 Å². The van der Waals surface area contributed by atoms with Crippen LogP contribution in [0.3, 0.4) is 0 Å². The molecule has 158 valence electrons. The van der Waals surface area contributed by atoms with Crippen LogP contribution < -0.4 is 0 Å². The molecule has 0 amide bonds.